The number of esters is 1. The van der Waals surface area contributed by atoms with Gasteiger partial charge in [0.25, 0.3) is 0 Å². The molecule has 0 aliphatic rings. The van der Waals surface area contributed by atoms with Crippen LogP contribution in [-0.2, 0) is 4.74 Å². The average Bonchev–Trinajstić information content (AvgIpc) is 2.56. The smallest absolute Gasteiger partial charge is 0.340 e. The quantitative estimate of drug-likeness (QED) is 0.500. The first kappa shape index (κ1) is 16.4. The zero-order valence-electron chi connectivity index (χ0n) is 12.6. The van der Waals surface area contributed by atoms with E-state index in [1.165, 1.54) is 36.5 Å². The van der Waals surface area contributed by atoms with E-state index in [0.29, 0.717) is 16.8 Å². The van der Waals surface area contributed by atoms with Crippen molar-refractivity contribution in [2.45, 2.75) is 6.92 Å². The highest BCUT2D eigenvalue weighted by molar-refractivity contribution is 6.04. The van der Waals surface area contributed by atoms with Crippen molar-refractivity contribution in [1.29, 1.82) is 0 Å². The van der Waals surface area contributed by atoms with Gasteiger partial charge in [0.05, 0.1) is 17.9 Å². The van der Waals surface area contributed by atoms with Crippen LogP contribution in [-0.4, -0.2) is 18.4 Å². The molecule has 2 rings (SSSR count). The molecule has 0 aromatic heterocycles. The lowest BCUT2D eigenvalue weighted by Crippen LogP contribution is -2.07. The van der Waals surface area contributed by atoms with Gasteiger partial charge < -0.3 is 10.1 Å². The Labute approximate surface area is 133 Å². The number of ether oxygens (including phenoxy) is 1. The van der Waals surface area contributed by atoms with E-state index in [1.807, 2.05) is 0 Å². The first-order valence-electron chi connectivity index (χ1n) is 7.11. The van der Waals surface area contributed by atoms with Crippen LogP contribution >= 0.6 is 0 Å². The van der Waals surface area contributed by atoms with Crippen LogP contribution in [0, 0.1) is 5.82 Å². The Hall–Kier alpha value is -2.95. The summed E-state index contributed by atoms with van der Waals surface area (Å²) in [5.41, 5.74) is 1.30. The number of rotatable bonds is 6. The topological polar surface area (TPSA) is 55.4 Å². The fourth-order valence-corrected chi connectivity index (χ4v) is 1.91. The first-order valence-corrected chi connectivity index (χ1v) is 7.11. The van der Waals surface area contributed by atoms with Crippen LogP contribution in [0.4, 0.5) is 10.1 Å². The second-order valence-corrected chi connectivity index (χ2v) is 4.61. The summed E-state index contributed by atoms with van der Waals surface area (Å²) >= 11 is 0. The zero-order valence-corrected chi connectivity index (χ0v) is 12.6. The Morgan fingerprint density at radius 3 is 2.52 bits per heavy atom. The SMILES string of the molecule is CCOC(=O)c1ccccc1NC=CC(=O)c1ccc(F)cc1. The Kier molecular flexibility index (Phi) is 5.63. The zero-order chi connectivity index (χ0) is 16.7. The maximum atomic E-state index is 12.8. The van der Waals surface area contributed by atoms with Gasteiger partial charge in [-0.15, -0.1) is 0 Å². The summed E-state index contributed by atoms with van der Waals surface area (Å²) in [6, 6.07) is 12.1. The van der Waals surface area contributed by atoms with Gasteiger partial charge in [-0.05, 0) is 43.3 Å². The fraction of sp³-hybridized carbons (Fsp3) is 0.111. The minimum absolute atomic E-state index is 0.272. The number of ketones is 1. The van der Waals surface area contributed by atoms with Crippen molar-refractivity contribution in [1.82, 2.24) is 0 Å². The second kappa shape index (κ2) is 7.89. The van der Waals surface area contributed by atoms with E-state index in [0.717, 1.165) is 0 Å². The number of benzene rings is 2. The van der Waals surface area contributed by atoms with Crippen molar-refractivity contribution in [2.75, 3.05) is 11.9 Å². The lowest BCUT2D eigenvalue weighted by Gasteiger charge is -2.08. The van der Waals surface area contributed by atoms with Gasteiger partial charge in [0.15, 0.2) is 5.78 Å². The molecule has 0 saturated heterocycles. The van der Waals surface area contributed by atoms with Gasteiger partial charge in [-0.1, -0.05) is 12.1 Å². The fourth-order valence-electron chi connectivity index (χ4n) is 1.91. The maximum absolute atomic E-state index is 12.8. The van der Waals surface area contributed by atoms with Crippen LogP contribution in [0.2, 0.25) is 0 Å². The number of hydrogen-bond donors (Lipinski definition) is 1. The Balaban J connectivity index is 2.07. The van der Waals surface area contributed by atoms with Crippen molar-refractivity contribution >= 4 is 17.4 Å². The Morgan fingerprint density at radius 1 is 1.13 bits per heavy atom. The monoisotopic (exact) mass is 313 g/mol. The number of carbonyl (C=O) groups excluding carboxylic acids is 2. The van der Waals surface area contributed by atoms with E-state index in [2.05, 4.69) is 5.32 Å². The predicted molar refractivity (Wildman–Crippen MR) is 85.9 cm³/mol. The molecule has 0 aliphatic heterocycles. The molecular weight excluding hydrogens is 297 g/mol. The van der Waals surface area contributed by atoms with Crippen molar-refractivity contribution in [3.63, 3.8) is 0 Å². The van der Waals surface area contributed by atoms with Gasteiger partial charge in [0, 0.05) is 17.8 Å². The number of hydrogen-bond acceptors (Lipinski definition) is 4. The number of halogens is 1. The van der Waals surface area contributed by atoms with Gasteiger partial charge >= 0.3 is 5.97 Å². The van der Waals surface area contributed by atoms with Crippen molar-refractivity contribution in [2.24, 2.45) is 0 Å². The van der Waals surface area contributed by atoms with E-state index in [1.54, 1.807) is 31.2 Å². The van der Waals surface area contributed by atoms with Crippen molar-refractivity contribution < 1.29 is 18.7 Å². The molecule has 0 heterocycles. The molecule has 4 nitrogen and oxygen atoms in total. The number of carbonyl (C=O) groups is 2. The highest BCUT2D eigenvalue weighted by Gasteiger charge is 2.10. The van der Waals surface area contributed by atoms with Gasteiger partial charge in [0.2, 0.25) is 0 Å². The largest absolute Gasteiger partial charge is 0.462 e. The van der Waals surface area contributed by atoms with E-state index in [9.17, 15) is 14.0 Å². The van der Waals surface area contributed by atoms with Crippen molar-refractivity contribution in [3.8, 4) is 0 Å². The molecule has 5 heteroatoms. The average molecular weight is 313 g/mol. The summed E-state index contributed by atoms with van der Waals surface area (Å²) in [6.45, 7) is 2.02. The summed E-state index contributed by atoms with van der Waals surface area (Å²) in [5.74, 6) is -1.10. The maximum Gasteiger partial charge on any atom is 0.340 e. The highest BCUT2D eigenvalue weighted by Crippen LogP contribution is 2.16. The summed E-state index contributed by atoms with van der Waals surface area (Å²) < 4.78 is 17.8. The summed E-state index contributed by atoms with van der Waals surface area (Å²) in [6.07, 6.45) is 2.75. The van der Waals surface area contributed by atoms with Crippen LogP contribution in [0.25, 0.3) is 0 Å². The van der Waals surface area contributed by atoms with Gasteiger partial charge in [-0.2, -0.15) is 0 Å². The first-order chi connectivity index (χ1) is 11.1. The molecular formula is C18H16FNO3. The second-order valence-electron chi connectivity index (χ2n) is 4.61. The minimum Gasteiger partial charge on any atom is -0.462 e. The molecule has 23 heavy (non-hydrogen) atoms. The molecule has 2 aromatic carbocycles. The molecule has 0 bridgehead atoms. The molecule has 0 spiro atoms. The number of allylic oxidation sites excluding steroid dienone is 1. The van der Waals surface area contributed by atoms with Gasteiger partial charge in [0.1, 0.15) is 5.82 Å². The number of anilines is 1. The third kappa shape index (κ3) is 4.51. The Morgan fingerprint density at radius 2 is 1.83 bits per heavy atom. The Bertz CT molecular complexity index is 723. The predicted octanol–water partition coefficient (Wildman–Crippen LogP) is 3.81. The van der Waals surface area contributed by atoms with Crippen LogP contribution in [0.3, 0.4) is 0 Å². The normalized spacial score (nSPS) is 10.5. The van der Waals surface area contributed by atoms with Gasteiger partial charge in [-0.25, -0.2) is 9.18 Å². The lowest BCUT2D eigenvalue weighted by molar-refractivity contribution is 0.0527. The van der Waals surface area contributed by atoms with E-state index in [-0.39, 0.29) is 12.4 Å². The lowest BCUT2D eigenvalue weighted by atomic mass is 10.1. The molecule has 118 valence electrons. The molecule has 0 fully saturated rings. The summed E-state index contributed by atoms with van der Waals surface area (Å²) in [7, 11) is 0. The standard InChI is InChI=1S/C18H16FNO3/c1-2-23-18(22)15-5-3-4-6-16(15)20-12-11-17(21)13-7-9-14(19)10-8-13/h3-12,20H,2H2,1H3. The third-order valence-corrected chi connectivity index (χ3v) is 3.02. The number of nitrogens with one attached hydrogen (secondary N) is 1. The third-order valence-electron chi connectivity index (χ3n) is 3.02. The number of para-hydroxylation sites is 1. The molecule has 0 aliphatic carbocycles. The highest BCUT2D eigenvalue weighted by atomic mass is 19.1. The van der Waals surface area contributed by atoms with E-state index in [4.69, 9.17) is 4.74 Å². The van der Waals surface area contributed by atoms with Crippen molar-refractivity contribution in [3.05, 3.63) is 77.8 Å². The minimum atomic E-state index is -0.436. The van der Waals surface area contributed by atoms with Crippen LogP contribution in [0.1, 0.15) is 27.6 Å². The molecule has 1 N–H and O–H groups in total. The van der Waals surface area contributed by atoms with Gasteiger partial charge in [-0.3, -0.25) is 4.79 Å². The van der Waals surface area contributed by atoms with E-state index >= 15 is 0 Å². The molecule has 0 radical (unpaired) electrons. The van der Waals surface area contributed by atoms with E-state index < -0.39 is 11.8 Å². The molecule has 0 unspecified atom stereocenters. The molecule has 0 amide bonds. The molecule has 2 aromatic rings. The summed E-state index contributed by atoms with van der Waals surface area (Å²) in [4.78, 5) is 23.8. The molecule has 0 saturated carbocycles. The van der Waals surface area contributed by atoms with Crippen LogP contribution in [0.5, 0.6) is 0 Å². The van der Waals surface area contributed by atoms with Crippen LogP contribution in [0.15, 0.2) is 60.8 Å². The summed E-state index contributed by atoms with van der Waals surface area (Å²) in [5, 5.41) is 2.89. The molecule has 0 atom stereocenters. The van der Waals surface area contributed by atoms with Crippen LogP contribution < -0.4 is 5.32 Å².